The Morgan fingerprint density at radius 3 is 2.07 bits per heavy atom. The fourth-order valence-electron chi connectivity index (χ4n) is 3.37. The molecule has 0 aliphatic carbocycles. The average molecular weight is 443 g/mol. The Bertz CT molecular complexity index is 868. The molecule has 0 saturated heterocycles. The molecule has 0 spiro atoms. The number of hydrogen-bond acceptors (Lipinski definition) is 4. The zero-order valence-electron chi connectivity index (χ0n) is 18.1. The summed E-state index contributed by atoms with van der Waals surface area (Å²) in [5.41, 5.74) is 0.534. The van der Waals surface area contributed by atoms with Gasteiger partial charge < -0.3 is 9.84 Å². The van der Waals surface area contributed by atoms with Gasteiger partial charge in [-0.2, -0.15) is 8.42 Å². The molecule has 0 amide bonds. The number of ether oxygens (including phenoxy) is 1. The van der Waals surface area contributed by atoms with Crippen molar-refractivity contribution in [2.45, 2.75) is 76.0 Å². The molecule has 160 valence electrons. The van der Waals surface area contributed by atoms with Crippen LogP contribution >= 0.6 is 0 Å². The van der Waals surface area contributed by atoms with Gasteiger partial charge in [0.25, 0.3) is 10.1 Å². The quantitative estimate of drug-likeness (QED) is 0.293. The molecule has 7 heteroatoms. The molecule has 0 aliphatic heterocycles. The summed E-state index contributed by atoms with van der Waals surface area (Å²) in [6.07, 6.45) is 11.1. The van der Waals surface area contributed by atoms with Gasteiger partial charge in [-0.05, 0) is 48.7 Å². The summed E-state index contributed by atoms with van der Waals surface area (Å²) < 4.78 is 38.6. The van der Waals surface area contributed by atoms with Crippen LogP contribution in [0.15, 0.2) is 47.4 Å². The Balaban J connectivity index is 0.00000450. The van der Waals surface area contributed by atoms with Crippen molar-refractivity contribution in [1.82, 2.24) is 0 Å². The van der Waals surface area contributed by atoms with E-state index in [9.17, 15) is 18.1 Å². The first-order valence-corrected chi connectivity index (χ1v) is 11.9. The van der Waals surface area contributed by atoms with Crippen LogP contribution in [-0.4, -0.2) is 13.0 Å². The van der Waals surface area contributed by atoms with E-state index in [-0.39, 0.29) is 40.2 Å². The van der Waals surface area contributed by atoms with Crippen LogP contribution in [0.3, 0.4) is 0 Å². The molecule has 0 bridgehead atoms. The van der Waals surface area contributed by atoms with Gasteiger partial charge in [0.2, 0.25) is 0 Å². The van der Waals surface area contributed by atoms with E-state index in [0.717, 1.165) is 19.3 Å². The predicted molar refractivity (Wildman–Crippen MR) is 113 cm³/mol. The summed E-state index contributed by atoms with van der Waals surface area (Å²) in [5.74, 6) is 0.673. The number of benzene rings is 2. The summed E-state index contributed by atoms with van der Waals surface area (Å²) in [7, 11) is -4.30. The largest absolute Gasteiger partial charge is 1.00 e. The van der Waals surface area contributed by atoms with Crippen molar-refractivity contribution in [3.8, 4) is 17.2 Å². The maximum atomic E-state index is 11.7. The van der Waals surface area contributed by atoms with E-state index < -0.39 is 10.1 Å². The first-order chi connectivity index (χ1) is 13.9. The van der Waals surface area contributed by atoms with Crippen LogP contribution in [0, 0.1) is 0 Å². The Labute approximate surface area is 202 Å². The van der Waals surface area contributed by atoms with Gasteiger partial charge >= 0.3 is 29.6 Å². The second-order valence-corrected chi connectivity index (χ2v) is 8.79. The van der Waals surface area contributed by atoms with Gasteiger partial charge in [0.1, 0.15) is 11.5 Å². The second-order valence-electron chi connectivity index (χ2n) is 7.40. The van der Waals surface area contributed by atoms with Gasteiger partial charge in [-0.3, -0.25) is 4.55 Å². The zero-order valence-corrected chi connectivity index (χ0v) is 20.9. The van der Waals surface area contributed by atoms with Gasteiger partial charge in [-0.25, -0.2) is 0 Å². The molecule has 2 aromatic carbocycles. The molecule has 0 radical (unpaired) electrons. The summed E-state index contributed by atoms with van der Waals surface area (Å²) in [6, 6.07) is 10.5. The molecule has 1 N–H and O–H groups in total. The molecule has 0 aromatic heterocycles. The van der Waals surface area contributed by atoms with Crippen molar-refractivity contribution < 1.29 is 52.4 Å². The Hall–Kier alpha value is -1.05. The van der Waals surface area contributed by atoms with Gasteiger partial charge in [0, 0.05) is 0 Å². The number of hydrogen-bond donors (Lipinski definition) is 1. The Morgan fingerprint density at radius 1 is 0.867 bits per heavy atom. The smallest absolute Gasteiger partial charge is 0.872 e. The van der Waals surface area contributed by atoms with Gasteiger partial charge in [0.15, 0.2) is 0 Å². The van der Waals surface area contributed by atoms with Crippen molar-refractivity contribution in [1.29, 1.82) is 0 Å². The monoisotopic (exact) mass is 442 g/mol. The predicted octanol–water partition coefficient (Wildman–Crippen LogP) is 2.88. The van der Waals surface area contributed by atoms with Crippen molar-refractivity contribution in [2.75, 3.05) is 0 Å². The van der Waals surface area contributed by atoms with Crippen molar-refractivity contribution >= 4 is 10.1 Å². The normalized spacial score (nSPS) is 11.1. The summed E-state index contributed by atoms with van der Waals surface area (Å²) in [5, 5.41) is 11.4. The van der Waals surface area contributed by atoms with Crippen molar-refractivity contribution in [2.24, 2.45) is 0 Å². The van der Waals surface area contributed by atoms with Gasteiger partial charge in [-0.1, -0.05) is 70.4 Å². The number of aryl methyl sites for hydroxylation is 1. The SMILES string of the molecule is CCCCCCCCCCCc1cc(Oc2cccc([O-])c2)ccc1S(=O)(=O)O.[Na+]. The molecule has 0 aliphatic rings. The summed E-state index contributed by atoms with van der Waals surface area (Å²) in [4.78, 5) is -0.0815. The minimum absolute atomic E-state index is 0. The van der Waals surface area contributed by atoms with E-state index in [2.05, 4.69) is 6.92 Å². The third kappa shape index (κ3) is 9.84. The first kappa shape index (κ1) is 27.0. The third-order valence-electron chi connectivity index (χ3n) is 4.90. The van der Waals surface area contributed by atoms with Crippen LogP contribution in [0.5, 0.6) is 17.2 Å². The molecule has 2 rings (SSSR count). The van der Waals surface area contributed by atoms with Crippen molar-refractivity contribution in [3.63, 3.8) is 0 Å². The third-order valence-corrected chi connectivity index (χ3v) is 5.85. The van der Waals surface area contributed by atoms with Crippen molar-refractivity contribution in [3.05, 3.63) is 48.0 Å². The molecule has 0 atom stereocenters. The minimum Gasteiger partial charge on any atom is -0.872 e. The van der Waals surface area contributed by atoms with E-state index in [1.165, 1.54) is 62.8 Å². The molecule has 0 unspecified atom stereocenters. The topological polar surface area (TPSA) is 86.7 Å². The van der Waals surface area contributed by atoms with E-state index in [1.807, 2.05) is 0 Å². The number of rotatable bonds is 13. The fraction of sp³-hybridized carbons (Fsp3) is 0.478. The molecule has 30 heavy (non-hydrogen) atoms. The van der Waals surface area contributed by atoms with Crippen LogP contribution in [-0.2, 0) is 16.5 Å². The summed E-state index contributed by atoms with van der Waals surface area (Å²) >= 11 is 0. The van der Waals surface area contributed by atoms with Gasteiger partial charge in [-0.15, -0.1) is 5.75 Å². The second kappa shape index (κ2) is 14.1. The molecule has 0 fully saturated rings. The summed E-state index contributed by atoms with van der Waals surface area (Å²) in [6.45, 7) is 2.21. The van der Waals surface area contributed by atoms with Crippen LogP contribution in [0.4, 0.5) is 0 Å². The maximum Gasteiger partial charge on any atom is 1.00 e. The van der Waals surface area contributed by atoms with E-state index in [0.29, 0.717) is 23.5 Å². The molecular formula is C23H31NaO5S. The Morgan fingerprint density at radius 2 is 1.47 bits per heavy atom. The minimum atomic E-state index is -4.30. The first-order valence-electron chi connectivity index (χ1n) is 10.5. The fourth-order valence-corrected chi connectivity index (χ4v) is 4.10. The molecular weight excluding hydrogens is 411 g/mol. The zero-order chi connectivity index (χ0) is 21.1. The van der Waals surface area contributed by atoms with Crippen LogP contribution in [0.25, 0.3) is 0 Å². The van der Waals surface area contributed by atoms with Crippen LogP contribution in [0.2, 0.25) is 0 Å². The Kier molecular flexibility index (Phi) is 12.7. The van der Waals surface area contributed by atoms with Gasteiger partial charge in [0.05, 0.1) is 4.90 Å². The average Bonchev–Trinajstić information content (AvgIpc) is 2.66. The van der Waals surface area contributed by atoms with E-state index in [1.54, 1.807) is 18.2 Å². The maximum absolute atomic E-state index is 11.7. The van der Waals surface area contributed by atoms with E-state index >= 15 is 0 Å². The van der Waals surface area contributed by atoms with E-state index in [4.69, 9.17) is 4.74 Å². The number of unbranched alkanes of at least 4 members (excludes halogenated alkanes) is 8. The standard InChI is InChI=1S/C23H32O5S.Na/c1-2-3-4-5-6-7-8-9-10-12-19-17-22(15-16-23(19)29(25,26)27)28-21-14-11-13-20(24)18-21;/h11,13-18,24H,2-10,12H2,1H3,(H,25,26,27);/q;+1/p-1. The molecule has 5 nitrogen and oxygen atoms in total. The van der Waals surface area contributed by atoms with Crippen LogP contribution in [0.1, 0.15) is 70.3 Å². The van der Waals surface area contributed by atoms with Crippen LogP contribution < -0.4 is 39.4 Å². The molecule has 0 saturated carbocycles. The molecule has 0 heterocycles. The molecule has 2 aromatic rings.